The molecule has 0 bridgehead atoms. The molecule has 1 unspecified atom stereocenters. The van der Waals surface area contributed by atoms with Gasteiger partial charge in [-0.25, -0.2) is 13.6 Å². The number of carbonyl (C=O) groups excluding carboxylic acids is 2. The molecule has 1 aliphatic rings. The third kappa shape index (κ3) is 4.30. The first-order valence-electron chi connectivity index (χ1n) is 8.12. The van der Waals surface area contributed by atoms with E-state index in [1.54, 1.807) is 0 Å². The van der Waals surface area contributed by atoms with Gasteiger partial charge in [0, 0.05) is 11.8 Å². The van der Waals surface area contributed by atoms with Crippen molar-refractivity contribution in [3.63, 3.8) is 0 Å². The number of primary sulfonamides is 1. The second kappa shape index (κ2) is 7.44. The van der Waals surface area contributed by atoms with Crippen molar-refractivity contribution >= 4 is 39.2 Å². The molecule has 13 heteroatoms. The summed E-state index contributed by atoms with van der Waals surface area (Å²) in [5.74, 6) is -1.73. The summed E-state index contributed by atoms with van der Waals surface area (Å²) < 4.78 is 27.9. The van der Waals surface area contributed by atoms with Crippen LogP contribution in [0.1, 0.15) is 6.92 Å². The van der Waals surface area contributed by atoms with Crippen LogP contribution in [-0.4, -0.2) is 42.8 Å². The number of ether oxygens (including phenoxy) is 1. The number of hydrogen-bond acceptors (Lipinski definition) is 8. The summed E-state index contributed by atoms with van der Waals surface area (Å²) in [6.45, 7) is 0.994. The summed E-state index contributed by atoms with van der Waals surface area (Å²) in [4.78, 5) is 39.7. The van der Waals surface area contributed by atoms with Gasteiger partial charge in [0.2, 0.25) is 15.9 Å². The Kier molecular flexibility index (Phi) is 5.18. The summed E-state index contributed by atoms with van der Waals surface area (Å²) >= 11 is 0. The topological polar surface area (TPSA) is 175 Å². The number of carbonyl (C=O) groups is 2. The lowest BCUT2D eigenvalue weighted by Crippen LogP contribution is -2.48. The van der Waals surface area contributed by atoms with Crippen LogP contribution in [0.3, 0.4) is 0 Å². The maximum atomic E-state index is 12.4. The van der Waals surface area contributed by atoms with Gasteiger partial charge in [0.05, 0.1) is 4.90 Å². The third-order valence-electron chi connectivity index (χ3n) is 3.95. The molecule has 0 aliphatic carbocycles. The summed E-state index contributed by atoms with van der Waals surface area (Å²) in [7, 11) is -3.87. The summed E-state index contributed by atoms with van der Waals surface area (Å²) in [6, 6.07) is 7.53. The quantitative estimate of drug-likeness (QED) is 0.515. The van der Waals surface area contributed by atoms with Crippen LogP contribution in [0.25, 0.3) is 0 Å². The van der Waals surface area contributed by atoms with Gasteiger partial charge in [-0.15, -0.1) is 0 Å². The number of hydrogen-bond donors (Lipinski definition) is 2. The van der Waals surface area contributed by atoms with Crippen LogP contribution in [0.15, 0.2) is 41.3 Å². The van der Waals surface area contributed by atoms with E-state index in [4.69, 9.17) is 9.88 Å². The van der Waals surface area contributed by atoms with Gasteiger partial charge < -0.3 is 20.2 Å². The average Bonchev–Trinajstić information content (AvgIpc) is 2.64. The van der Waals surface area contributed by atoms with Crippen LogP contribution >= 0.6 is 0 Å². The molecule has 152 valence electrons. The number of benzene rings is 1. The molecule has 0 saturated carbocycles. The van der Waals surface area contributed by atoms with E-state index in [-0.39, 0.29) is 22.2 Å². The zero-order valence-corrected chi connectivity index (χ0v) is 15.8. The molecule has 0 spiro atoms. The number of sulfonamides is 1. The first-order chi connectivity index (χ1) is 13.6. The summed E-state index contributed by atoms with van der Waals surface area (Å²) in [5, 5.41) is 18.5. The van der Waals surface area contributed by atoms with Crippen molar-refractivity contribution in [2.45, 2.75) is 17.9 Å². The van der Waals surface area contributed by atoms with E-state index < -0.39 is 45.2 Å². The van der Waals surface area contributed by atoms with E-state index in [1.807, 2.05) is 0 Å². The van der Waals surface area contributed by atoms with Crippen molar-refractivity contribution in [1.82, 2.24) is 4.98 Å². The maximum Gasteiger partial charge on any atom is 0.366 e. The van der Waals surface area contributed by atoms with E-state index in [0.29, 0.717) is 0 Å². The normalized spacial score (nSPS) is 16.0. The average molecular weight is 421 g/mol. The summed E-state index contributed by atoms with van der Waals surface area (Å²) in [5.41, 5.74) is 0.267. The fraction of sp³-hybridized carbons (Fsp3) is 0.188. The predicted octanol–water partition coefficient (Wildman–Crippen LogP) is 0.390. The fourth-order valence-corrected chi connectivity index (χ4v) is 3.12. The van der Waals surface area contributed by atoms with Gasteiger partial charge in [-0.3, -0.25) is 14.5 Å². The molecule has 0 radical (unpaired) electrons. The molecule has 3 N–H and O–H groups in total. The number of rotatable bonds is 5. The Hall–Kier alpha value is -3.58. The first-order valence-corrected chi connectivity index (χ1v) is 9.67. The van der Waals surface area contributed by atoms with Crippen LogP contribution < -0.4 is 20.1 Å². The number of nitrogens with two attached hydrogens (primary N) is 1. The standard InChI is InChI=1S/C16H15N5O7S/c1-9-16(23)20(15-12(28-9)6-7-13(19-15)21(24)25)8-14(22)18-10-2-4-11(5-3-10)29(17,26)27/h2-7,9H,8H2,1H3,(H,18,22)(H2,17,26,27). The van der Waals surface area contributed by atoms with E-state index in [0.717, 1.165) is 11.0 Å². The van der Waals surface area contributed by atoms with E-state index in [9.17, 15) is 28.1 Å². The van der Waals surface area contributed by atoms with Gasteiger partial charge in [-0.1, -0.05) is 0 Å². The molecule has 2 aromatic rings. The number of nitrogens with zero attached hydrogens (tertiary/aromatic N) is 3. The van der Waals surface area contributed by atoms with Crippen molar-refractivity contribution in [3.8, 4) is 5.75 Å². The molecule has 0 saturated heterocycles. The minimum Gasteiger partial charge on any atom is -0.475 e. The van der Waals surface area contributed by atoms with Crippen molar-refractivity contribution in [2.75, 3.05) is 16.8 Å². The number of amides is 2. The van der Waals surface area contributed by atoms with E-state index >= 15 is 0 Å². The number of pyridine rings is 1. The van der Waals surface area contributed by atoms with Crippen LogP contribution in [-0.2, 0) is 19.6 Å². The lowest BCUT2D eigenvalue weighted by atomic mass is 10.2. The van der Waals surface area contributed by atoms with Crippen molar-refractivity contribution < 1.29 is 27.7 Å². The van der Waals surface area contributed by atoms with Crippen molar-refractivity contribution in [2.24, 2.45) is 5.14 Å². The Morgan fingerprint density at radius 2 is 1.97 bits per heavy atom. The van der Waals surface area contributed by atoms with Crippen LogP contribution in [0.2, 0.25) is 0 Å². The largest absolute Gasteiger partial charge is 0.475 e. The van der Waals surface area contributed by atoms with Gasteiger partial charge in [-0.2, -0.15) is 0 Å². The van der Waals surface area contributed by atoms with Crippen molar-refractivity contribution in [1.29, 1.82) is 0 Å². The van der Waals surface area contributed by atoms with Crippen LogP contribution in [0.5, 0.6) is 5.75 Å². The number of nitro groups is 1. The Labute approximate surface area is 164 Å². The molecule has 1 aliphatic heterocycles. The SMILES string of the molecule is CC1Oc2ccc([N+](=O)[O-])nc2N(CC(=O)Nc2ccc(S(N)(=O)=O)cc2)C1=O. The van der Waals surface area contributed by atoms with Gasteiger partial charge in [0.1, 0.15) is 6.54 Å². The third-order valence-corrected chi connectivity index (χ3v) is 4.88. The Morgan fingerprint density at radius 3 is 2.55 bits per heavy atom. The number of aromatic nitrogens is 1. The minimum absolute atomic E-state index is 0.127. The van der Waals surface area contributed by atoms with Gasteiger partial charge in [0.25, 0.3) is 11.7 Å². The molecule has 2 heterocycles. The minimum atomic E-state index is -3.87. The van der Waals surface area contributed by atoms with Crippen LogP contribution in [0.4, 0.5) is 17.3 Å². The zero-order chi connectivity index (χ0) is 21.3. The second-order valence-electron chi connectivity index (χ2n) is 6.05. The molecule has 29 heavy (non-hydrogen) atoms. The summed E-state index contributed by atoms with van der Waals surface area (Å²) in [6.07, 6.45) is -0.910. The number of fused-ring (bicyclic) bond motifs is 1. The predicted molar refractivity (Wildman–Crippen MR) is 99.8 cm³/mol. The van der Waals surface area contributed by atoms with Gasteiger partial charge in [-0.05, 0) is 47.2 Å². The monoisotopic (exact) mass is 421 g/mol. The highest BCUT2D eigenvalue weighted by atomic mass is 32.2. The molecule has 1 aromatic heterocycles. The molecule has 1 atom stereocenters. The molecule has 2 amide bonds. The highest BCUT2D eigenvalue weighted by molar-refractivity contribution is 7.89. The highest BCUT2D eigenvalue weighted by Crippen LogP contribution is 2.33. The highest BCUT2D eigenvalue weighted by Gasteiger charge is 2.37. The molecule has 12 nitrogen and oxygen atoms in total. The molecule has 1 aromatic carbocycles. The van der Waals surface area contributed by atoms with Crippen molar-refractivity contribution in [3.05, 3.63) is 46.5 Å². The zero-order valence-electron chi connectivity index (χ0n) is 14.9. The second-order valence-corrected chi connectivity index (χ2v) is 7.61. The Bertz CT molecular complexity index is 1100. The Balaban J connectivity index is 1.81. The lowest BCUT2D eigenvalue weighted by Gasteiger charge is -2.28. The molecular weight excluding hydrogens is 406 g/mol. The fourth-order valence-electron chi connectivity index (χ4n) is 2.60. The number of anilines is 2. The lowest BCUT2D eigenvalue weighted by molar-refractivity contribution is -0.389. The number of nitrogens with one attached hydrogen (secondary N) is 1. The van der Waals surface area contributed by atoms with E-state index in [2.05, 4.69) is 10.3 Å². The Morgan fingerprint density at radius 1 is 1.31 bits per heavy atom. The molecular formula is C16H15N5O7S. The van der Waals surface area contributed by atoms with Gasteiger partial charge >= 0.3 is 5.82 Å². The van der Waals surface area contributed by atoms with Gasteiger partial charge in [0.15, 0.2) is 11.9 Å². The maximum absolute atomic E-state index is 12.4. The molecule has 3 rings (SSSR count). The van der Waals surface area contributed by atoms with Crippen LogP contribution in [0, 0.1) is 10.1 Å². The first kappa shape index (κ1) is 20.2. The smallest absolute Gasteiger partial charge is 0.366 e. The molecule has 0 fully saturated rings. The van der Waals surface area contributed by atoms with E-state index in [1.165, 1.54) is 37.3 Å².